The molecule has 7 N–H and O–H groups in total. The quantitative estimate of drug-likeness (QED) is 0.0227. The maximum absolute atomic E-state index is 13.7. The molecule has 0 spiro atoms. The molecule has 1 aromatic carbocycles. The number of ether oxygens (including phenoxy) is 4. The molecule has 4 rings (SSSR count). The highest BCUT2D eigenvalue weighted by Gasteiger charge is 2.33. The summed E-state index contributed by atoms with van der Waals surface area (Å²) in [5, 5.41) is 27.3. The summed E-state index contributed by atoms with van der Waals surface area (Å²) >= 11 is 0. The van der Waals surface area contributed by atoms with Crippen molar-refractivity contribution < 1.29 is 77.1 Å². The van der Waals surface area contributed by atoms with Crippen LogP contribution in [0.3, 0.4) is 0 Å². The Hall–Kier alpha value is -7.11. The van der Waals surface area contributed by atoms with Gasteiger partial charge in [-0.05, 0) is 52.0 Å². The molecule has 428 valence electrons. The number of amides is 7. The summed E-state index contributed by atoms with van der Waals surface area (Å²) in [5.41, 5.74) is 5.77. The first kappa shape index (κ1) is 67.9. The number of pyridine rings is 1. The second kappa shape index (κ2) is 37.6. The molecule has 3 heterocycles. The van der Waals surface area contributed by atoms with Crippen LogP contribution in [-0.2, 0) is 80.1 Å². The summed E-state index contributed by atoms with van der Waals surface area (Å²) in [6, 6.07) is 6.69. The number of nitrogens with zero attached hydrogens (tertiary/aromatic N) is 5. The molecule has 7 amide bonds. The number of aliphatic hydroxyl groups is 1. The van der Waals surface area contributed by atoms with Gasteiger partial charge in [0.2, 0.25) is 29.5 Å². The minimum absolute atomic E-state index is 0.0372. The molecule has 2 aromatic heterocycles. The monoisotopic (exact) mass is 1090 g/mol. The Morgan fingerprint density at radius 1 is 0.857 bits per heavy atom. The molecule has 3 aromatic rings. The minimum Gasteiger partial charge on any atom is -0.483 e. The number of rotatable bonds is 32. The maximum atomic E-state index is 13.7. The molecule has 1 aliphatic rings. The Morgan fingerprint density at radius 3 is 2.04 bits per heavy atom. The van der Waals surface area contributed by atoms with E-state index in [1.165, 1.54) is 4.90 Å². The summed E-state index contributed by atoms with van der Waals surface area (Å²) in [7, 11) is 0. The molecule has 77 heavy (non-hydrogen) atoms. The summed E-state index contributed by atoms with van der Waals surface area (Å²) in [5.74, 6) is -2.75. The third kappa shape index (κ3) is 26.0. The highest BCUT2D eigenvalue weighted by molar-refractivity contribution is 6.10. The topological polar surface area (TPSA) is 340 Å². The first-order valence-electron chi connectivity index (χ1n) is 25.4. The number of para-hydroxylation sites is 1. The standard InChI is InChI=1S/C31H46N6O5.C18H29N3O9.C2H2.CH2O2/c1-8-13-25(39)36(16-9-2)17-24(38)34-26(20(4)5)30(40)35-29-27-28(21-14-11-12-15-22(21)32-29)37(19-31(6,7)41)23(33-27)18-42-10-3;19-14(22)6-8-27-10-12-29-13-11-28-9-7-20-15(23)2-1-3-18(26)30-21-16(24)4-5-17(21)25;1-2;2-1-3/h11-12,14-15,20,26,41H,8-10,13,16-19H2,1-7H3,(H,34,38)(H,32,35,40);1-13H2,(H2,19,22)(H,20,23);1-2H;1H,(H,2,3). The van der Waals surface area contributed by atoms with E-state index in [0.717, 1.165) is 17.3 Å². The van der Waals surface area contributed by atoms with E-state index < -0.39 is 47.1 Å². The molecule has 1 fully saturated rings. The van der Waals surface area contributed by atoms with Crippen LogP contribution in [0.2, 0.25) is 0 Å². The number of aromatic nitrogens is 3. The summed E-state index contributed by atoms with van der Waals surface area (Å²) in [6.07, 6.45) is 10.3. The Kier molecular flexibility index (Phi) is 33.2. The largest absolute Gasteiger partial charge is 0.483 e. The van der Waals surface area contributed by atoms with Crippen LogP contribution in [0.1, 0.15) is 112 Å². The molecule has 1 unspecified atom stereocenters. The number of imide groups is 1. The van der Waals surface area contributed by atoms with E-state index in [2.05, 4.69) is 28.8 Å². The number of terminal acetylenes is 1. The van der Waals surface area contributed by atoms with Gasteiger partial charge in [0.15, 0.2) is 5.82 Å². The molecule has 25 nitrogen and oxygen atoms in total. The SMILES string of the molecule is C#C.CCCC(=O)N(CCC)CC(=O)NC(C(=O)Nc1nc2ccccc2c2c1nc(COCC)n2CC(C)(C)O)C(C)C.NC(=O)CCOCCOCCOCCNC(=O)CCCC(=O)ON1C(=O)CCC1=O.O=CO. The van der Waals surface area contributed by atoms with Gasteiger partial charge >= 0.3 is 5.97 Å². The fraction of sp³-hybridized carbons (Fsp3) is 0.596. The summed E-state index contributed by atoms with van der Waals surface area (Å²) in [4.78, 5) is 120. The van der Waals surface area contributed by atoms with E-state index in [0.29, 0.717) is 87.5 Å². The van der Waals surface area contributed by atoms with Crippen molar-refractivity contribution in [3.63, 3.8) is 0 Å². The lowest BCUT2D eigenvalue weighted by molar-refractivity contribution is -0.197. The van der Waals surface area contributed by atoms with Gasteiger partial charge in [0.05, 0.1) is 69.4 Å². The lowest BCUT2D eigenvalue weighted by atomic mass is 10.0. The molecule has 0 saturated carbocycles. The van der Waals surface area contributed by atoms with Crippen molar-refractivity contribution in [2.75, 3.05) is 71.2 Å². The van der Waals surface area contributed by atoms with Crippen molar-refractivity contribution in [2.24, 2.45) is 11.7 Å². The highest BCUT2D eigenvalue weighted by Crippen LogP contribution is 2.32. The Labute approximate surface area is 449 Å². The highest BCUT2D eigenvalue weighted by atomic mass is 16.7. The number of anilines is 1. The van der Waals surface area contributed by atoms with E-state index in [4.69, 9.17) is 49.4 Å². The van der Waals surface area contributed by atoms with Gasteiger partial charge in [-0.15, -0.1) is 17.9 Å². The summed E-state index contributed by atoms with van der Waals surface area (Å²) in [6.45, 7) is 16.4. The molecule has 1 aliphatic heterocycles. The van der Waals surface area contributed by atoms with E-state index in [1.807, 2.05) is 63.5 Å². The Morgan fingerprint density at radius 2 is 1.47 bits per heavy atom. The van der Waals surface area contributed by atoms with Crippen LogP contribution >= 0.6 is 0 Å². The van der Waals surface area contributed by atoms with Crippen molar-refractivity contribution in [3.8, 4) is 12.8 Å². The third-order valence-electron chi connectivity index (χ3n) is 10.6. The van der Waals surface area contributed by atoms with Gasteiger partial charge in [-0.25, -0.2) is 14.8 Å². The normalized spacial score (nSPS) is 12.3. The third-order valence-corrected chi connectivity index (χ3v) is 10.6. The number of fused-ring (bicyclic) bond motifs is 3. The van der Waals surface area contributed by atoms with Crippen LogP contribution in [-0.4, -0.2) is 166 Å². The van der Waals surface area contributed by atoms with Crippen LogP contribution in [0, 0.1) is 18.8 Å². The first-order valence-corrected chi connectivity index (χ1v) is 25.4. The predicted octanol–water partition coefficient (Wildman–Crippen LogP) is 2.77. The number of hydrogen-bond donors (Lipinski definition) is 6. The van der Waals surface area contributed by atoms with E-state index in [9.17, 15) is 43.5 Å². The molecule has 1 atom stereocenters. The second-order valence-corrected chi connectivity index (χ2v) is 18.0. The molecule has 25 heteroatoms. The van der Waals surface area contributed by atoms with Gasteiger partial charge < -0.3 is 65.1 Å². The number of hydrogen-bond acceptors (Lipinski definition) is 17. The van der Waals surface area contributed by atoms with Crippen LogP contribution in [0.4, 0.5) is 5.82 Å². The number of benzene rings is 1. The Bertz CT molecular complexity index is 2370. The van der Waals surface area contributed by atoms with Gasteiger partial charge in [0.25, 0.3) is 18.3 Å². The fourth-order valence-electron chi connectivity index (χ4n) is 7.15. The average molecular weight is 1090 g/mol. The van der Waals surface area contributed by atoms with E-state index in [1.54, 1.807) is 13.8 Å². The number of imidazole rings is 1. The van der Waals surface area contributed by atoms with Crippen molar-refractivity contribution in [1.82, 2.24) is 35.1 Å². The van der Waals surface area contributed by atoms with Gasteiger partial charge in [-0.3, -0.25) is 38.4 Å². The number of carbonyl (C=O) groups is 9. The lowest BCUT2D eigenvalue weighted by Gasteiger charge is -2.25. The molecule has 1 saturated heterocycles. The smallest absolute Gasteiger partial charge is 0.333 e. The number of carboxylic acid groups (broad SMARTS) is 1. The fourth-order valence-corrected chi connectivity index (χ4v) is 7.15. The average Bonchev–Trinajstić information content (AvgIpc) is 3.90. The Balaban J connectivity index is 0.000000745. The molecular weight excluding hydrogens is 1010 g/mol. The zero-order valence-electron chi connectivity index (χ0n) is 45.5. The number of primary amides is 1. The van der Waals surface area contributed by atoms with Crippen molar-refractivity contribution in [3.05, 3.63) is 30.1 Å². The van der Waals surface area contributed by atoms with E-state index in [-0.39, 0.29) is 94.9 Å². The lowest BCUT2D eigenvalue weighted by Crippen LogP contribution is -2.50. The first-order chi connectivity index (χ1) is 36.7. The van der Waals surface area contributed by atoms with Crippen LogP contribution in [0.25, 0.3) is 21.9 Å². The summed E-state index contributed by atoms with van der Waals surface area (Å²) < 4.78 is 23.3. The van der Waals surface area contributed by atoms with Crippen LogP contribution in [0.5, 0.6) is 0 Å². The number of carbonyl (C=O) groups excluding carboxylic acids is 8. The molecule has 0 bridgehead atoms. The van der Waals surface area contributed by atoms with Crippen LogP contribution in [0.15, 0.2) is 24.3 Å². The van der Waals surface area contributed by atoms with Gasteiger partial charge in [0, 0.05) is 63.6 Å². The molecule has 0 aliphatic carbocycles. The van der Waals surface area contributed by atoms with Gasteiger partial charge in [-0.2, -0.15) is 0 Å². The minimum atomic E-state index is -1.04. The number of nitrogens with one attached hydrogen (secondary N) is 3. The molecular formula is C52H79N9O16. The van der Waals surface area contributed by atoms with Crippen molar-refractivity contribution >= 4 is 81.5 Å². The zero-order chi connectivity index (χ0) is 57.9. The van der Waals surface area contributed by atoms with Gasteiger partial charge in [0.1, 0.15) is 24.0 Å². The van der Waals surface area contributed by atoms with Crippen molar-refractivity contribution in [2.45, 2.75) is 131 Å². The van der Waals surface area contributed by atoms with Crippen LogP contribution < -0.4 is 21.7 Å². The van der Waals surface area contributed by atoms with Gasteiger partial charge in [-0.1, -0.05) is 45.9 Å². The second-order valence-electron chi connectivity index (χ2n) is 18.0. The van der Waals surface area contributed by atoms with E-state index >= 15 is 0 Å². The zero-order valence-corrected chi connectivity index (χ0v) is 45.5. The number of nitrogens with two attached hydrogens (primary N) is 1. The molecule has 0 radical (unpaired) electrons. The maximum Gasteiger partial charge on any atom is 0.333 e. The van der Waals surface area contributed by atoms with Crippen molar-refractivity contribution in [1.29, 1.82) is 0 Å². The predicted molar refractivity (Wildman–Crippen MR) is 283 cm³/mol. The number of hydroxylamine groups is 2.